The van der Waals surface area contributed by atoms with Gasteiger partial charge in [0.1, 0.15) is 11.5 Å². The lowest BCUT2D eigenvalue weighted by Crippen LogP contribution is -2.06. The Labute approximate surface area is 168 Å². The van der Waals surface area contributed by atoms with Crippen molar-refractivity contribution in [2.24, 2.45) is 0 Å². The maximum Gasteiger partial charge on any atom is 0.316 e. The predicted molar refractivity (Wildman–Crippen MR) is 107 cm³/mol. The Morgan fingerprint density at radius 2 is 1.86 bits per heavy atom. The maximum absolute atomic E-state index is 11.5. The smallest absolute Gasteiger partial charge is 0.316 e. The minimum Gasteiger partial charge on any atom is -0.497 e. The van der Waals surface area contributed by atoms with E-state index in [0.717, 1.165) is 16.9 Å². The monoisotopic (exact) mass is 398 g/mol. The molecule has 0 bridgehead atoms. The standard InChI is InChI=1S/C21H22N2O4S/c1-3-26-19(24)14-28-21-23-22-20(27-21)18(16-7-5-4-6-8-16)13-15-9-11-17(25-2)12-10-15/h4-12,18H,3,13-14H2,1-2H3. The summed E-state index contributed by atoms with van der Waals surface area (Å²) in [5.41, 5.74) is 2.22. The van der Waals surface area contributed by atoms with Crippen LogP contribution in [0.4, 0.5) is 0 Å². The molecule has 1 atom stereocenters. The van der Waals surface area contributed by atoms with Crippen LogP contribution >= 0.6 is 11.8 Å². The van der Waals surface area contributed by atoms with E-state index in [1.54, 1.807) is 14.0 Å². The number of carbonyl (C=O) groups is 1. The Morgan fingerprint density at radius 3 is 2.54 bits per heavy atom. The second-order valence-corrected chi connectivity index (χ2v) is 6.94. The van der Waals surface area contributed by atoms with Gasteiger partial charge < -0.3 is 13.9 Å². The average molecular weight is 398 g/mol. The van der Waals surface area contributed by atoms with Gasteiger partial charge in [-0.25, -0.2) is 0 Å². The number of aromatic nitrogens is 2. The number of nitrogens with zero attached hydrogens (tertiary/aromatic N) is 2. The van der Waals surface area contributed by atoms with Gasteiger partial charge in [-0.3, -0.25) is 4.79 Å². The topological polar surface area (TPSA) is 74.5 Å². The van der Waals surface area contributed by atoms with Crippen LogP contribution in [0.1, 0.15) is 29.9 Å². The molecule has 2 aromatic carbocycles. The number of rotatable bonds is 9. The zero-order valence-electron chi connectivity index (χ0n) is 15.8. The van der Waals surface area contributed by atoms with E-state index in [4.69, 9.17) is 13.9 Å². The van der Waals surface area contributed by atoms with Crippen LogP contribution in [0.3, 0.4) is 0 Å². The summed E-state index contributed by atoms with van der Waals surface area (Å²) in [7, 11) is 1.65. The Morgan fingerprint density at radius 1 is 1.11 bits per heavy atom. The molecule has 3 aromatic rings. The van der Waals surface area contributed by atoms with Gasteiger partial charge in [0.15, 0.2) is 0 Å². The first-order valence-corrected chi connectivity index (χ1v) is 9.98. The summed E-state index contributed by atoms with van der Waals surface area (Å²) >= 11 is 1.18. The van der Waals surface area contributed by atoms with Crippen molar-refractivity contribution >= 4 is 17.7 Å². The first kappa shape index (κ1) is 19.9. The molecule has 3 rings (SSSR count). The quantitative estimate of drug-likeness (QED) is 0.397. The molecule has 0 saturated heterocycles. The van der Waals surface area contributed by atoms with Gasteiger partial charge in [0.25, 0.3) is 5.22 Å². The van der Waals surface area contributed by atoms with E-state index in [-0.39, 0.29) is 17.6 Å². The molecule has 0 aliphatic carbocycles. The highest BCUT2D eigenvalue weighted by Crippen LogP contribution is 2.30. The fraction of sp³-hybridized carbons (Fsp3) is 0.286. The van der Waals surface area contributed by atoms with Crippen molar-refractivity contribution in [1.82, 2.24) is 10.2 Å². The minimum absolute atomic E-state index is 0.0842. The van der Waals surface area contributed by atoms with Gasteiger partial charge in [0.05, 0.1) is 19.6 Å². The second-order valence-electron chi connectivity index (χ2n) is 6.02. The fourth-order valence-electron chi connectivity index (χ4n) is 2.77. The summed E-state index contributed by atoms with van der Waals surface area (Å²) in [5.74, 6) is 1.09. The molecular formula is C21H22N2O4S. The summed E-state index contributed by atoms with van der Waals surface area (Å²) in [5, 5.41) is 8.67. The molecule has 28 heavy (non-hydrogen) atoms. The van der Waals surface area contributed by atoms with Gasteiger partial charge in [-0.15, -0.1) is 10.2 Å². The van der Waals surface area contributed by atoms with Gasteiger partial charge in [-0.05, 0) is 36.6 Å². The van der Waals surface area contributed by atoms with Crippen molar-refractivity contribution in [3.05, 3.63) is 71.6 Å². The third-order valence-corrected chi connectivity index (χ3v) is 4.93. The van der Waals surface area contributed by atoms with E-state index < -0.39 is 0 Å². The Balaban J connectivity index is 1.78. The lowest BCUT2D eigenvalue weighted by Gasteiger charge is -2.14. The molecular weight excluding hydrogens is 376 g/mol. The predicted octanol–water partition coefficient (Wildman–Crippen LogP) is 4.11. The van der Waals surface area contributed by atoms with Crippen LogP contribution in [-0.2, 0) is 16.0 Å². The number of carbonyl (C=O) groups excluding carboxylic acids is 1. The van der Waals surface area contributed by atoms with Gasteiger partial charge >= 0.3 is 5.97 Å². The van der Waals surface area contributed by atoms with Gasteiger partial charge in [-0.2, -0.15) is 0 Å². The zero-order chi connectivity index (χ0) is 19.8. The number of ether oxygens (including phenoxy) is 2. The van der Waals surface area contributed by atoms with Gasteiger partial charge in [0.2, 0.25) is 5.89 Å². The highest BCUT2D eigenvalue weighted by molar-refractivity contribution is 7.99. The number of hydrogen-bond acceptors (Lipinski definition) is 7. The van der Waals surface area contributed by atoms with Crippen molar-refractivity contribution < 1.29 is 18.7 Å². The van der Waals surface area contributed by atoms with Crippen molar-refractivity contribution in [3.63, 3.8) is 0 Å². The third kappa shape index (κ3) is 5.36. The van der Waals surface area contributed by atoms with Crippen molar-refractivity contribution in [3.8, 4) is 5.75 Å². The minimum atomic E-state index is -0.301. The molecule has 0 radical (unpaired) electrons. The average Bonchev–Trinajstić information content (AvgIpc) is 3.20. The summed E-state index contributed by atoms with van der Waals surface area (Å²) in [6.45, 7) is 2.13. The molecule has 146 valence electrons. The normalized spacial score (nSPS) is 11.8. The molecule has 0 aliphatic heterocycles. The molecule has 0 saturated carbocycles. The highest BCUT2D eigenvalue weighted by atomic mass is 32.2. The summed E-state index contributed by atoms with van der Waals surface area (Å²) < 4.78 is 16.0. The molecule has 1 aromatic heterocycles. The molecule has 1 unspecified atom stereocenters. The molecule has 0 spiro atoms. The lowest BCUT2D eigenvalue weighted by atomic mass is 9.92. The van der Waals surface area contributed by atoms with Crippen molar-refractivity contribution in [2.45, 2.75) is 24.5 Å². The summed E-state index contributed by atoms with van der Waals surface area (Å²) in [6, 6.07) is 18.0. The molecule has 0 fully saturated rings. The summed E-state index contributed by atoms with van der Waals surface area (Å²) in [4.78, 5) is 11.5. The van der Waals surface area contributed by atoms with Crippen molar-refractivity contribution in [1.29, 1.82) is 0 Å². The Hall–Kier alpha value is -2.80. The summed E-state index contributed by atoms with van der Waals surface area (Å²) in [6.07, 6.45) is 0.707. The van der Waals surface area contributed by atoms with Crippen LogP contribution in [0.2, 0.25) is 0 Å². The van der Waals surface area contributed by atoms with Gasteiger partial charge in [0, 0.05) is 0 Å². The second kappa shape index (κ2) is 9.94. The maximum atomic E-state index is 11.5. The van der Waals surface area contributed by atoms with Crippen LogP contribution in [0.5, 0.6) is 5.75 Å². The third-order valence-electron chi connectivity index (χ3n) is 4.14. The van der Waals surface area contributed by atoms with Crippen molar-refractivity contribution in [2.75, 3.05) is 19.5 Å². The fourth-order valence-corrected chi connectivity index (χ4v) is 3.34. The number of methoxy groups -OCH3 is 1. The molecule has 1 heterocycles. The molecule has 0 aliphatic rings. The number of benzene rings is 2. The van der Waals surface area contributed by atoms with Crippen LogP contribution in [0.25, 0.3) is 0 Å². The van der Waals surface area contributed by atoms with E-state index in [2.05, 4.69) is 10.2 Å². The Bertz CT molecular complexity index is 881. The van der Waals surface area contributed by atoms with E-state index >= 15 is 0 Å². The van der Waals surface area contributed by atoms with E-state index in [1.807, 2.05) is 54.6 Å². The van der Waals surface area contributed by atoms with E-state index in [9.17, 15) is 4.79 Å². The van der Waals surface area contributed by atoms with E-state index in [1.165, 1.54) is 11.8 Å². The zero-order valence-corrected chi connectivity index (χ0v) is 16.6. The Kier molecular flexibility index (Phi) is 7.08. The van der Waals surface area contributed by atoms with Crippen LogP contribution in [0.15, 0.2) is 64.2 Å². The number of hydrogen-bond donors (Lipinski definition) is 0. The number of esters is 1. The highest BCUT2D eigenvalue weighted by Gasteiger charge is 2.22. The first-order valence-electron chi connectivity index (χ1n) is 8.99. The molecule has 0 N–H and O–H groups in total. The van der Waals surface area contributed by atoms with Crippen LogP contribution in [0, 0.1) is 0 Å². The SMILES string of the molecule is CCOC(=O)CSc1nnc(C(Cc2ccc(OC)cc2)c2ccccc2)o1. The van der Waals surface area contributed by atoms with Crippen LogP contribution < -0.4 is 4.74 Å². The molecule has 6 nitrogen and oxygen atoms in total. The number of thioether (sulfide) groups is 1. The van der Waals surface area contributed by atoms with E-state index in [0.29, 0.717) is 24.1 Å². The van der Waals surface area contributed by atoms with Crippen LogP contribution in [-0.4, -0.2) is 35.6 Å². The molecule has 0 amide bonds. The largest absolute Gasteiger partial charge is 0.497 e. The van der Waals surface area contributed by atoms with Gasteiger partial charge in [-0.1, -0.05) is 54.2 Å². The lowest BCUT2D eigenvalue weighted by molar-refractivity contribution is -0.139. The molecule has 7 heteroatoms. The first-order chi connectivity index (χ1) is 13.7.